The van der Waals surface area contributed by atoms with E-state index in [1.54, 1.807) is 0 Å². The maximum absolute atomic E-state index is 11.9. The number of unbranched alkanes of at least 4 members (excludes halogenated alkanes) is 12. The van der Waals surface area contributed by atoms with E-state index in [2.05, 4.69) is 21.4 Å². The minimum Gasteiger partial charge on any atom is -0.392 e. The van der Waals surface area contributed by atoms with Gasteiger partial charge >= 0.3 is 17.9 Å². The van der Waals surface area contributed by atoms with Gasteiger partial charge < -0.3 is 4.74 Å². The molecule has 0 rings (SSSR count). The van der Waals surface area contributed by atoms with Crippen LogP contribution < -0.4 is 0 Å². The van der Waals surface area contributed by atoms with Gasteiger partial charge in [-0.05, 0) is 13.3 Å². The standard InChI is InChI=1S/C22H40O9S/c1-3-5-6-7-8-9-10-11-12-13-14-15-16-17-20(23)30-22(25)19(32(26,27)28)18-21(24)31-29-4-2/h19H,3-18H2,1-2H3,(H,26,27,28). The van der Waals surface area contributed by atoms with Crippen molar-refractivity contribution in [3.05, 3.63) is 0 Å². The Morgan fingerprint density at radius 3 is 1.66 bits per heavy atom. The zero-order valence-electron chi connectivity index (χ0n) is 19.5. The molecule has 1 unspecified atom stereocenters. The molecule has 0 aromatic heterocycles. The molecule has 0 fully saturated rings. The molecule has 0 aromatic carbocycles. The number of carbonyl (C=O) groups is 3. The third-order valence-electron chi connectivity index (χ3n) is 4.94. The average Bonchev–Trinajstić information content (AvgIpc) is 2.72. The smallest absolute Gasteiger partial charge is 0.344 e. The molecule has 0 spiro atoms. The predicted molar refractivity (Wildman–Crippen MR) is 119 cm³/mol. The van der Waals surface area contributed by atoms with Crippen LogP contribution in [0.1, 0.15) is 110 Å². The van der Waals surface area contributed by atoms with Gasteiger partial charge in [0.2, 0.25) is 0 Å². The fourth-order valence-electron chi connectivity index (χ4n) is 3.14. The highest BCUT2D eigenvalue weighted by atomic mass is 32.2. The molecule has 188 valence electrons. The summed E-state index contributed by atoms with van der Waals surface area (Å²) in [6.45, 7) is 3.76. The first kappa shape index (κ1) is 30.5. The molecule has 0 aromatic rings. The minimum atomic E-state index is -4.96. The van der Waals surface area contributed by atoms with Gasteiger partial charge in [0.1, 0.15) is 0 Å². The van der Waals surface area contributed by atoms with Crippen LogP contribution in [-0.2, 0) is 39.0 Å². The summed E-state index contributed by atoms with van der Waals surface area (Å²) in [5, 5.41) is -2.24. The highest BCUT2D eigenvalue weighted by molar-refractivity contribution is 7.87. The monoisotopic (exact) mass is 480 g/mol. The normalized spacial score (nSPS) is 12.3. The van der Waals surface area contributed by atoms with E-state index in [9.17, 15) is 22.8 Å². The Labute approximate surface area is 192 Å². The van der Waals surface area contributed by atoms with Crippen LogP contribution in [0.3, 0.4) is 0 Å². The summed E-state index contributed by atoms with van der Waals surface area (Å²) in [5.41, 5.74) is 0. The molecule has 0 radical (unpaired) electrons. The van der Waals surface area contributed by atoms with Gasteiger partial charge in [-0.1, -0.05) is 84.0 Å². The third kappa shape index (κ3) is 17.1. The molecule has 0 saturated heterocycles. The summed E-state index contributed by atoms with van der Waals surface area (Å²) in [4.78, 5) is 43.7. The average molecular weight is 481 g/mol. The Balaban J connectivity index is 3.94. The second kappa shape index (κ2) is 19.0. The van der Waals surface area contributed by atoms with E-state index in [-0.39, 0.29) is 13.0 Å². The number of ether oxygens (including phenoxy) is 1. The number of esters is 2. The van der Waals surface area contributed by atoms with Crippen LogP contribution in [0.4, 0.5) is 0 Å². The first-order valence-corrected chi connectivity index (χ1v) is 13.3. The topological polar surface area (TPSA) is 133 Å². The van der Waals surface area contributed by atoms with Crippen LogP contribution in [0.25, 0.3) is 0 Å². The van der Waals surface area contributed by atoms with Crippen molar-refractivity contribution in [3.63, 3.8) is 0 Å². The fourth-order valence-corrected chi connectivity index (χ4v) is 3.77. The van der Waals surface area contributed by atoms with E-state index in [1.165, 1.54) is 58.3 Å². The van der Waals surface area contributed by atoms with Crippen LogP contribution in [0.15, 0.2) is 0 Å². The summed E-state index contributed by atoms with van der Waals surface area (Å²) in [6, 6.07) is 0. The lowest BCUT2D eigenvalue weighted by molar-refractivity contribution is -0.269. The number of hydrogen-bond donors (Lipinski definition) is 1. The van der Waals surface area contributed by atoms with Crippen LogP contribution in [0, 0.1) is 0 Å². The fraction of sp³-hybridized carbons (Fsp3) is 0.864. The summed E-state index contributed by atoms with van der Waals surface area (Å²) < 4.78 is 36.3. The van der Waals surface area contributed by atoms with Gasteiger partial charge in [0.25, 0.3) is 10.1 Å². The molecule has 0 bridgehead atoms. The van der Waals surface area contributed by atoms with Crippen LogP contribution in [0.5, 0.6) is 0 Å². The van der Waals surface area contributed by atoms with Crippen molar-refractivity contribution >= 4 is 28.0 Å². The number of carbonyl (C=O) groups excluding carboxylic acids is 3. The molecule has 0 aliphatic carbocycles. The predicted octanol–water partition coefficient (Wildman–Crippen LogP) is 4.68. The molecule has 0 aliphatic heterocycles. The zero-order valence-corrected chi connectivity index (χ0v) is 20.3. The van der Waals surface area contributed by atoms with Crippen molar-refractivity contribution in [2.45, 2.75) is 115 Å². The van der Waals surface area contributed by atoms with Gasteiger partial charge in [0.05, 0.1) is 13.0 Å². The quantitative estimate of drug-likeness (QED) is 0.0658. The molecule has 1 atom stereocenters. The van der Waals surface area contributed by atoms with E-state index in [4.69, 9.17) is 4.55 Å². The minimum absolute atomic E-state index is 0.0182. The highest BCUT2D eigenvalue weighted by Gasteiger charge is 2.37. The van der Waals surface area contributed by atoms with E-state index in [0.717, 1.165) is 25.7 Å². The van der Waals surface area contributed by atoms with Gasteiger partial charge in [-0.3, -0.25) is 19.0 Å². The maximum atomic E-state index is 11.9. The van der Waals surface area contributed by atoms with Crippen LogP contribution >= 0.6 is 0 Å². The largest absolute Gasteiger partial charge is 0.392 e. The zero-order chi connectivity index (χ0) is 24.2. The van der Waals surface area contributed by atoms with Crippen molar-refractivity contribution in [1.29, 1.82) is 0 Å². The molecule has 0 heterocycles. The molecular formula is C22H40O9S. The third-order valence-corrected chi connectivity index (χ3v) is 6.02. The summed E-state index contributed by atoms with van der Waals surface area (Å²) in [7, 11) is -4.96. The van der Waals surface area contributed by atoms with Crippen LogP contribution in [-0.4, -0.2) is 42.7 Å². The van der Waals surface area contributed by atoms with Crippen molar-refractivity contribution in [3.8, 4) is 0 Å². The van der Waals surface area contributed by atoms with E-state index in [1.807, 2.05) is 0 Å². The lowest BCUT2D eigenvalue weighted by Crippen LogP contribution is -2.35. The second-order valence-electron chi connectivity index (χ2n) is 7.86. The van der Waals surface area contributed by atoms with Gasteiger partial charge in [-0.15, -0.1) is 0 Å². The Kier molecular flexibility index (Phi) is 18.1. The molecule has 9 nitrogen and oxygen atoms in total. The van der Waals surface area contributed by atoms with Crippen molar-refractivity contribution in [2.75, 3.05) is 6.61 Å². The van der Waals surface area contributed by atoms with Gasteiger partial charge in [-0.25, -0.2) is 4.79 Å². The summed E-state index contributed by atoms with van der Waals surface area (Å²) >= 11 is 0. The molecular weight excluding hydrogens is 440 g/mol. The Morgan fingerprint density at radius 1 is 0.750 bits per heavy atom. The van der Waals surface area contributed by atoms with Crippen molar-refractivity contribution < 1.29 is 41.9 Å². The highest BCUT2D eigenvalue weighted by Crippen LogP contribution is 2.14. The maximum Gasteiger partial charge on any atom is 0.344 e. The van der Waals surface area contributed by atoms with E-state index < -0.39 is 39.7 Å². The van der Waals surface area contributed by atoms with Gasteiger partial charge in [-0.2, -0.15) is 13.3 Å². The second-order valence-corrected chi connectivity index (χ2v) is 9.45. The Hall–Kier alpha value is -1.52. The van der Waals surface area contributed by atoms with Gasteiger partial charge in [0, 0.05) is 6.42 Å². The molecule has 0 amide bonds. The van der Waals surface area contributed by atoms with Crippen molar-refractivity contribution in [1.82, 2.24) is 0 Å². The molecule has 32 heavy (non-hydrogen) atoms. The molecule has 0 saturated carbocycles. The van der Waals surface area contributed by atoms with Crippen LogP contribution in [0.2, 0.25) is 0 Å². The Morgan fingerprint density at radius 2 is 1.22 bits per heavy atom. The molecule has 10 heteroatoms. The Bertz CT molecular complexity index is 631. The number of rotatable bonds is 20. The first-order chi connectivity index (χ1) is 15.2. The SMILES string of the molecule is CCCCCCCCCCCCCCCC(=O)OC(=O)C(CC(=O)OOCC)S(=O)(=O)O. The number of hydrogen-bond acceptors (Lipinski definition) is 8. The van der Waals surface area contributed by atoms with E-state index in [0.29, 0.717) is 6.42 Å². The molecule has 1 N–H and O–H groups in total. The summed E-state index contributed by atoms with van der Waals surface area (Å²) in [5.74, 6) is -3.60. The first-order valence-electron chi connectivity index (χ1n) is 11.7. The van der Waals surface area contributed by atoms with E-state index >= 15 is 0 Å². The molecule has 0 aliphatic rings. The summed E-state index contributed by atoms with van der Waals surface area (Å²) in [6.07, 6.45) is 13.8. The lowest BCUT2D eigenvalue weighted by atomic mass is 10.0. The van der Waals surface area contributed by atoms with Gasteiger partial charge in [0.15, 0.2) is 5.25 Å². The van der Waals surface area contributed by atoms with Crippen molar-refractivity contribution in [2.24, 2.45) is 0 Å². The lowest BCUT2D eigenvalue weighted by Gasteiger charge is -2.11.